The molecule has 5 rings (SSSR count). The first-order chi connectivity index (χ1) is 23.8. The van der Waals surface area contributed by atoms with E-state index >= 15 is 0 Å². The number of likely N-dealkylation sites (tertiary alicyclic amines) is 1. The SMILES string of the molecule is CCC[C@H](NC(=O)[C@@H]1C[C@@H]2CCCC[C@@H]2N1C(=O)[C@@H](NC(=O)[C@@H](NC(=O)C(=O)NC1CC1)C1CCCCC1)C(C)(C)C)C(=O)C(=O)NC1CC1. The molecule has 0 spiro atoms. The first kappa shape index (κ1) is 37.7. The van der Waals surface area contributed by atoms with Crippen LogP contribution < -0.4 is 26.6 Å². The standard InChI is InChI=1S/C37H58N6O7/c1-5-11-25(29(44)33(47)38-23-16-17-23)40-31(45)27-20-22-14-9-10-15-26(22)43(27)36(50)30(37(2,3)4)42-32(46)28(21-12-7-6-8-13-21)41-35(49)34(48)39-24-18-19-24/h21-28,30H,5-20H2,1-4H3,(H,38,47)(H,39,48)(H,40,45)(H,41,49)(H,42,46)/t22-,25-,26-,27-,28-,30+/m0/s1. The number of amides is 6. The van der Waals surface area contributed by atoms with Crippen molar-refractivity contribution in [1.82, 2.24) is 31.5 Å². The summed E-state index contributed by atoms with van der Waals surface area (Å²) in [5.41, 5.74) is -0.771. The maximum absolute atomic E-state index is 14.8. The predicted octanol–water partition coefficient (Wildman–Crippen LogP) is 2.15. The Morgan fingerprint density at radius 1 is 0.700 bits per heavy atom. The number of rotatable bonds is 13. The van der Waals surface area contributed by atoms with E-state index in [0.717, 1.165) is 70.6 Å². The van der Waals surface area contributed by atoms with Crippen molar-refractivity contribution in [3.8, 4) is 0 Å². The van der Waals surface area contributed by atoms with Crippen LogP contribution >= 0.6 is 0 Å². The second kappa shape index (κ2) is 16.2. The number of carbonyl (C=O) groups excluding carboxylic acids is 7. The van der Waals surface area contributed by atoms with E-state index in [1.807, 2.05) is 27.7 Å². The molecule has 0 aromatic rings. The monoisotopic (exact) mass is 698 g/mol. The lowest BCUT2D eigenvalue weighted by atomic mass is 9.81. The summed E-state index contributed by atoms with van der Waals surface area (Å²) in [6.07, 6.45) is 12.4. The fourth-order valence-corrected chi connectivity index (χ4v) is 8.06. The predicted molar refractivity (Wildman–Crippen MR) is 185 cm³/mol. The summed E-state index contributed by atoms with van der Waals surface area (Å²) in [7, 11) is 0. The van der Waals surface area contributed by atoms with Crippen LogP contribution in [0, 0.1) is 17.3 Å². The Labute approximate surface area is 295 Å². The lowest BCUT2D eigenvalue weighted by Gasteiger charge is -2.40. The zero-order valence-electron chi connectivity index (χ0n) is 30.3. The number of nitrogens with one attached hydrogen (secondary N) is 5. The molecule has 0 unspecified atom stereocenters. The van der Waals surface area contributed by atoms with Gasteiger partial charge in [0.15, 0.2) is 0 Å². The highest BCUT2D eigenvalue weighted by Crippen LogP contribution is 2.41. The third-order valence-electron chi connectivity index (χ3n) is 11.2. The highest BCUT2D eigenvalue weighted by Gasteiger charge is 2.51. The van der Waals surface area contributed by atoms with Crippen LogP contribution in [0.2, 0.25) is 0 Å². The van der Waals surface area contributed by atoms with Crippen molar-refractivity contribution < 1.29 is 33.6 Å². The molecular weight excluding hydrogens is 640 g/mol. The molecule has 6 amide bonds. The summed E-state index contributed by atoms with van der Waals surface area (Å²) in [5.74, 6) is -4.45. The molecule has 1 heterocycles. The van der Waals surface area contributed by atoms with Crippen molar-refractivity contribution in [3.05, 3.63) is 0 Å². The summed E-state index contributed by atoms with van der Waals surface area (Å²) in [6.45, 7) is 7.44. The van der Waals surface area contributed by atoms with E-state index < -0.39 is 64.9 Å². The summed E-state index contributed by atoms with van der Waals surface area (Å²) in [4.78, 5) is 96.0. The van der Waals surface area contributed by atoms with Gasteiger partial charge in [0.25, 0.3) is 5.91 Å². The molecule has 5 fully saturated rings. The molecule has 5 N–H and O–H groups in total. The molecule has 0 radical (unpaired) electrons. The van der Waals surface area contributed by atoms with E-state index in [2.05, 4.69) is 26.6 Å². The van der Waals surface area contributed by atoms with Gasteiger partial charge in [-0.05, 0) is 81.5 Å². The zero-order valence-corrected chi connectivity index (χ0v) is 30.3. The van der Waals surface area contributed by atoms with Crippen LogP contribution in [0.25, 0.3) is 0 Å². The summed E-state index contributed by atoms with van der Waals surface area (Å²) < 4.78 is 0. The summed E-state index contributed by atoms with van der Waals surface area (Å²) in [5, 5.41) is 13.9. The fraction of sp³-hybridized carbons (Fsp3) is 0.811. The van der Waals surface area contributed by atoms with E-state index in [4.69, 9.17) is 0 Å². The molecule has 278 valence electrons. The third kappa shape index (κ3) is 9.42. The molecule has 1 saturated heterocycles. The van der Waals surface area contributed by atoms with E-state index in [-0.39, 0.29) is 35.9 Å². The highest BCUT2D eigenvalue weighted by atomic mass is 16.2. The van der Waals surface area contributed by atoms with Crippen molar-refractivity contribution in [2.45, 2.75) is 173 Å². The summed E-state index contributed by atoms with van der Waals surface area (Å²) in [6, 6.07) is -4.10. The minimum absolute atomic E-state index is 0.00552. The zero-order chi connectivity index (χ0) is 36.2. The second-order valence-corrected chi connectivity index (χ2v) is 16.5. The molecule has 6 atom stereocenters. The number of nitrogens with zero attached hydrogens (tertiary/aromatic N) is 1. The van der Waals surface area contributed by atoms with Crippen molar-refractivity contribution in [2.24, 2.45) is 17.3 Å². The molecular formula is C37H58N6O7. The lowest BCUT2D eigenvalue weighted by Crippen LogP contribution is -2.63. The van der Waals surface area contributed by atoms with Gasteiger partial charge in [0.1, 0.15) is 18.1 Å². The molecule has 0 bridgehead atoms. The quantitative estimate of drug-likeness (QED) is 0.183. The maximum Gasteiger partial charge on any atom is 0.309 e. The van der Waals surface area contributed by atoms with Gasteiger partial charge in [-0.25, -0.2) is 0 Å². The molecule has 5 aliphatic rings. The van der Waals surface area contributed by atoms with Crippen LogP contribution in [0.3, 0.4) is 0 Å². The Morgan fingerprint density at radius 2 is 1.30 bits per heavy atom. The van der Waals surface area contributed by atoms with Crippen molar-refractivity contribution in [1.29, 1.82) is 0 Å². The van der Waals surface area contributed by atoms with Crippen molar-refractivity contribution >= 4 is 41.2 Å². The number of fused-ring (bicyclic) bond motifs is 1. The molecule has 13 nitrogen and oxygen atoms in total. The van der Waals surface area contributed by atoms with Gasteiger partial charge in [-0.2, -0.15) is 0 Å². The lowest BCUT2D eigenvalue weighted by molar-refractivity contribution is -0.148. The minimum atomic E-state index is -1.04. The maximum atomic E-state index is 14.8. The fourth-order valence-electron chi connectivity index (χ4n) is 8.06. The summed E-state index contributed by atoms with van der Waals surface area (Å²) >= 11 is 0. The van der Waals surface area contributed by atoms with Crippen LogP contribution in [-0.4, -0.2) is 88.4 Å². The molecule has 50 heavy (non-hydrogen) atoms. The Balaban J connectivity index is 1.36. The van der Waals surface area contributed by atoms with E-state index in [0.29, 0.717) is 32.1 Å². The first-order valence-electron chi connectivity index (χ1n) is 19.2. The average molecular weight is 699 g/mol. The number of hydrogen-bond donors (Lipinski definition) is 5. The van der Waals surface area contributed by atoms with E-state index in [9.17, 15) is 33.6 Å². The smallest absolute Gasteiger partial charge is 0.309 e. The Bertz CT molecular complexity index is 1320. The minimum Gasteiger partial charge on any atom is -0.347 e. The van der Waals surface area contributed by atoms with Crippen LogP contribution in [0.4, 0.5) is 0 Å². The first-order valence-corrected chi connectivity index (χ1v) is 19.2. The normalized spacial score (nSPS) is 25.7. The van der Waals surface area contributed by atoms with Gasteiger partial charge in [0.2, 0.25) is 23.5 Å². The van der Waals surface area contributed by atoms with E-state index in [1.165, 1.54) is 0 Å². The molecule has 4 aliphatic carbocycles. The number of ketones is 1. The molecule has 0 aromatic heterocycles. The van der Waals surface area contributed by atoms with Gasteiger partial charge >= 0.3 is 11.8 Å². The van der Waals surface area contributed by atoms with Gasteiger partial charge in [-0.3, -0.25) is 33.6 Å². The van der Waals surface area contributed by atoms with Gasteiger partial charge in [0.05, 0.1) is 6.04 Å². The van der Waals surface area contributed by atoms with E-state index in [1.54, 1.807) is 4.90 Å². The van der Waals surface area contributed by atoms with Crippen LogP contribution in [0.15, 0.2) is 0 Å². The molecule has 0 aromatic carbocycles. The largest absolute Gasteiger partial charge is 0.347 e. The number of hydrogen-bond acceptors (Lipinski definition) is 7. The topological polar surface area (TPSA) is 183 Å². The van der Waals surface area contributed by atoms with Crippen LogP contribution in [-0.2, 0) is 33.6 Å². The number of carbonyl (C=O) groups is 7. The average Bonchev–Trinajstić information content (AvgIpc) is 4.03. The number of Topliss-reactive ketones (excluding diaryl/α,β-unsaturated/α-hetero) is 1. The third-order valence-corrected chi connectivity index (χ3v) is 11.2. The van der Waals surface area contributed by atoms with Crippen molar-refractivity contribution in [2.75, 3.05) is 0 Å². The van der Waals surface area contributed by atoms with Crippen molar-refractivity contribution in [3.63, 3.8) is 0 Å². The Kier molecular flexibility index (Phi) is 12.2. The van der Waals surface area contributed by atoms with Gasteiger partial charge < -0.3 is 31.5 Å². The Hall–Kier alpha value is -3.51. The van der Waals surface area contributed by atoms with Gasteiger partial charge in [-0.15, -0.1) is 0 Å². The van der Waals surface area contributed by atoms with Crippen LogP contribution in [0.1, 0.15) is 130 Å². The Morgan fingerprint density at radius 3 is 1.90 bits per heavy atom. The van der Waals surface area contributed by atoms with Gasteiger partial charge in [0, 0.05) is 18.1 Å². The van der Waals surface area contributed by atoms with Crippen LogP contribution in [0.5, 0.6) is 0 Å². The van der Waals surface area contributed by atoms with Gasteiger partial charge in [-0.1, -0.05) is 66.2 Å². The highest BCUT2D eigenvalue weighted by molar-refractivity contribution is 6.38. The second-order valence-electron chi connectivity index (χ2n) is 16.5. The molecule has 1 aliphatic heterocycles. The molecule has 4 saturated carbocycles. The molecule has 13 heteroatoms.